The molecule has 0 amide bonds. The molecule has 80 valence electrons. The number of fused-ring (bicyclic) bond motifs is 2. The summed E-state index contributed by atoms with van der Waals surface area (Å²) in [7, 11) is 0. The Morgan fingerprint density at radius 1 is 0.875 bits per heavy atom. The SMILES string of the molecule is C1=CCC2=CC=c3ccccc3=CC2=C1.Cl. The van der Waals surface area contributed by atoms with Crippen LogP contribution in [0.4, 0.5) is 0 Å². The summed E-state index contributed by atoms with van der Waals surface area (Å²) in [6, 6.07) is 8.51. The summed E-state index contributed by atoms with van der Waals surface area (Å²) in [5.74, 6) is 0. The summed E-state index contributed by atoms with van der Waals surface area (Å²) in [4.78, 5) is 0. The third-order valence-electron chi connectivity index (χ3n) is 2.89. The van der Waals surface area contributed by atoms with E-state index < -0.39 is 0 Å². The topological polar surface area (TPSA) is 0 Å². The van der Waals surface area contributed by atoms with Crippen molar-refractivity contribution in [1.29, 1.82) is 0 Å². The fourth-order valence-electron chi connectivity index (χ4n) is 2.05. The molecule has 0 spiro atoms. The Labute approximate surface area is 101 Å². The lowest BCUT2D eigenvalue weighted by Crippen LogP contribution is -2.22. The molecule has 0 nitrogen and oxygen atoms in total. The average Bonchev–Trinajstić information content (AvgIpc) is 2.48. The molecule has 1 aromatic carbocycles. The molecule has 0 bridgehead atoms. The Morgan fingerprint density at radius 2 is 1.69 bits per heavy atom. The predicted octanol–water partition coefficient (Wildman–Crippen LogP) is 2.50. The smallest absolute Gasteiger partial charge is 0.00884 e. The van der Waals surface area contributed by atoms with Crippen LogP contribution in [-0.2, 0) is 0 Å². The molecule has 0 unspecified atom stereocenters. The molecule has 0 radical (unpaired) electrons. The molecular weight excluding hydrogens is 216 g/mol. The molecule has 1 aromatic rings. The van der Waals surface area contributed by atoms with Crippen LogP contribution >= 0.6 is 12.4 Å². The second-order valence-electron chi connectivity index (χ2n) is 3.89. The van der Waals surface area contributed by atoms with Crippen molar-refractivity contribution < 1.29 is 0 Å². The minimum Gasteiger partial charge on any atom is -0.147 e. The van der Waals surface area contributed by atoms with Crippen LogP contribution in [0.25, 0.3) is 12.2 Å². The van der Waals surface area contributed by atoms with E-state index in [1.54, 1.807) is 0 Å². The summed E-state index contributed by atoms with van der Waals surface area (Å²) in [6.45, 7) is 0. The fourth-order valence-corrected chi connectivity index (χ4v) is 2.05. The maximum absolute atomic E-state index is 2.27. The van der Waals surface area contributed by atoms with E-state index in [4.69, 9.17) is 0 Å². The third kappa shape index (κ3) is 1.89. The molecule has 2 aliphatic carbocycles. The van der Waals surface area contributed by atoms with Gasteiger partial charge in [-0.15, -0.1) is 12.4 Å². The number of allylic oxidation sites excluding steroid dienone is 6. The van der Waals surface area contributed by atoms with Crippen molar-refractivity contribution in [2.75, 3.05) is 0 Å². The average molecular weight is 229 g/mol. The van der Waals surface area contributed by atoms with E-state index in [0.717, 1.165) is 6.42 Å². The zero-order valence-electron chi connectivity index (χ0n) is 8.89. The minimum atomic E-state index is 0. The van der Waals surface area contributed by atoms with Gasteiger partial charge in [-0.05, 0) is 34.1 Å². The molecule has 0 atom stereocenters. The van der Waals surface area contributed by atoms with Crippen LogP contribution in [0.1, 0.15) is 6.42 Å². The molecule has 0 aromatic heterocycles. The van der Waals surface area contributed by atoms with E-state index in [9.17, 15) is 0 Å². The van der Waals surface area contributed by atoms with Crippen molar-refractivity contribution in [3.8, 4) is 0 Å². The van der Waals surface area contributed by atoms with E-state index in [2.05, 4.69) is 60.7 Å². The van der Waals surface area contributed by atoms with Gasteiger partial charge in [0.05, 0.1) is 0 Å². The van der Waals surface area contributed by atoms with Crippen LogP contribution < -0.4 is 10.4 Å². The van der Waals surface area contributed by atoms with Crippen LogP contribution in [0.15, 0.2) is 59.7 Å². The quantitative estimate of drug-likeness (QED) is 0.640. The van der Waals surface area contributed by atoms with E-state index in [-0.39, 0.29) is 12.4 Å². The highest BCUT2D eigenvalue weighted by atomic mass is 35.5. The molecule has 0 N–H and O–H groups in total. The van der Waals surface area contributed by atoms with Gasteiger partial charge in [0.2, 0.25) is 0 Å². The second kappa shape index (κ2) is 4.54. The van der Waals surface area contributed by atoms with Crippen molar-refractivity contribution >= 4 is 24.6 Å². The normalized spacial score (nSPS) is 16.2. The standard InChI is InChI=1S/C15H12.ClH/c1-3-7-14-11-15-8-4-2-6-13(15)10-9-12(14)5-1;/h1-5,7-11H,6H2;1H. The fraction of sp³-hybridized carbons (Fsp3) is 0.0667. The summed E-state index contributed by atoms with van der Waals surface area (Å²) in [5.41, 5.74) is 2.76. The Bertz CT molecular complexity index is 601. The van der Waals surface area contributed by atoms with Crippen molar-refractivity contribution in [2.45, 2.75) is 6.42 Å². The van der Waals surface area contributed by atoms with Crippen molar-refractivity contribution in [1.82, 2.24) is 0 Å². The monoisotopic (exact) mass is 228 g/mol. The van der Waals surface area contributed by atoms with E-state index >= 15 is 0 Å². The summed E-state index contributed by atoms with van der Waals surface area (Å²) in [5, 5.41) is 2.62. The number of benzene rings is 1. The Morgan fingerprint density at radius 3 is 2.56 bits per heavy atom. The van der Waals surface area contributed by atoms with E-state index in [0.29, 0.717) is 0 Å². The summed E-state index contributed by atoms with van der Waals surface area (Å²) in [6.07, 6.45) is 14.3. The Hall–Kier alpha value is -1.53. The van der Waals surface area contributed by atoms with Gasteiger partial charge in [0.15, 0.2) is 0 Å². The molecule has 0 aliphatic heterocycles. The number of hydrogen-bond acceptors (Lipinski definition) is 0. The molecule has 1 heteroatoms. The van der Waals surface area contributed by atoms with Gasteiger partial charge in [0.25, 0.3) is 0 Å². The van der Waals surface area contributed by atoms with Gasteiger partial charge in [0.1, 0.15) is 0 Å². The van der Waals surface area contributed by atoms with Gasteiger partial charge in [-0.1, -0.05) is 54.6 Å². The lowest BCUT2D eigenvalue weighted by atomic mass is 9.98. The number of halogens is 1. The summed E-state index contributed by atoms with van der Waals surface area (Å²) < 4.78 is 0. The molecule has 0 saturated heterocycles. The zero-order valence-corrected chi connectivity index (χ0v) is 9.71. The van der Waals surface area contributed by atoms with Gasteiger partial charge in [-0.3, -0.25) is 0 Å². The van der Waals surface area contributed by atoms with Gasteiger partial charge in [0, 0.05) is 0 Å². The lowest BCUT2D eigenvalue weighted by molar-refractivity contribution is 1.24. The molecular formula is C15H13Cl. The van der Waals surface area contributed by atoms with Crippen LogP contribution in [0.3, 0.4) is 0 Å². The maximum atomic E-state index is 2.27. The highest BCUT2D eigenvalue weighted by molar-refractivity contribution is 5.85. The highest BCUT2D eigenvalue weighted by Gasteiger charge is 2.04. The van der Waals surface area contributed by atoms with Crippen molar-refractivity contribution in [3.05, 3.63) is 70.2 Å². The number of hydrogen-bond donors (Lipinski definition) is 0. The van der Waals surface area contributed by atoms with Crippen LogP contribution in [0.2, 0.25) is 0 Å². The molecule has 0 saturated carbocycles. The van der Waals surface area contributed by atoms with E-state index in [1.165, 1.54) is 21.6 Å². The van der Waals surface area contributed by atoms with Gasteiger partial charge >= 0.3 is 0 Å². The first-order valence-corrected chi connectivity index (χ1v) is 5.28. The molecule has 2 aliphatic rings. The molecule has 0 fully saturated rings. The first kappa shape index (κ1) is 11.0. The maximum Gasteiger partial charge on any atom is -0.00884 e. The molecule has 3 rings (SSSR count). The van der Waals surface area contributed by atoms with Gasteiger partial charge < -0.3 is 0 Å². The largest absolute Gasteiger partial charge is 0.147 e. The predicted molar refractivity (Wildman–Crippen MR) is 71.8 cm³/mol. The van der Waals surface area contributed by atoms with Gasteiger partial charge in [-0.25, -0.2) is 0 Å². The van der Waals surface area contributed by atoms with Crippen LogP contribution in [0, 0.1) is 0 Å². The Balaban J connectivity index is 0.000000963. The van der Waals surface area contributed by atoms with Crippen molar-refractivity contribution in [2.24, 2.45) is 0 Å². The Kier molecular flexibility index (Phi) is 3.12. The van der Waals surface area contributed by atoms with Crippen molar-refractivity contribution in [3.63, 3.8) is 0 Å². The highest BCUT2D eigenvalue weighted by Crippen LogP contribution is 2.21. The van der Waals surface area contributed by atoms with Crippen LogP contribution in [0.5, 0.6) is 0 Å². The van der Waals surface area contributed by atoms with Crippen LogP contribution in [-0.4, -0.2) is 0 Å². The summed E-state index contributed by atoms with van der Waals surface area (Å²) >= 11 is 0. The molecule has 16 heavy (non-hydrogen) atoms. The van der Waals surface area contributed by atoms with Gasteiger partial charge in [-0.2, -0.15) is 0 Å². The number of rotatable bonds is 0. The third-order valence-corrected chi connectivity index (χ3v) is 2.89. The molecule has 0 heterocycles. The lowest BCUT2D eigenvalue weighted by Gasteiger charge is -2.07. The van der Waals surface area contributed by atoms with E-state index in [1.807, 2.05) is 0 Å². The first-order chi connectivity index (χ1) is 7.43. The minimum absolute atomic E-state index is 0. The zero-order chi connectivity index (χ0) is 10.1. The second-order valence-corrected chi connectivity index (χ2v) is 3.89. The first-order valence-electron chi connectivity index (χ1n) is 5.28.